The fourth-order valence-electron chi connectivity index (χ4n) is 4.03. The van der Waals surface area contributed by atoms with Crippen LogP contribution in [0.2, 0.25) is 5.02 Å². The number of aromatic nitrogens is 3. The number of nitrogens with one attached hydrogen (secondary N) is 1. The summed E-state index contributed by atoms with van der Waals surface area (Å²) in [7, 11) is 0. The summed E-state index contributed by atoms with van der Waals surface area (Å²) in [5.74, 6) is 0.246. The lowest BCUT2D eigenvalue weighted by Gasteiger charge is -2.13. The van der Waals surface area contributed by atoms with E-state index >= 15 is 0 Å². The monoisotopic (exact) mass is 499 g/mol. The Morgan fingerprint density at radius 1 is 1.19 bits per heavy atom. The average Bonchev–Trinajstić information content (AvgIpc) is 3.29. The molecule has 5 rings (SSSR count). The van der Waals surface area contributed by atoms with Crippen LogP contribution in [-0.4, -0.2) is 14.5 Å². The van der Waals surface area contributed by atoms with Gasteiger partial charge < -0.3 is 14.6 Å². The predicted molar refractivity (Wildman–Crippen MR) is 135 cm³/mol. The SMILES string of the molecule is Cc1c(Cn2ccc(Nc3cc(Oc4ccc(Cl)c(F)c4)ncn3)cc2=O)ccc2c1C=C(C#N)C2. The van der Waals surface area contributed by atoms with Crippen LogP contribution in [0.4, 0.5) is 15.9 Å². The molecule has 2 heterocycles. The van der Waals surface area contributed by atoms with Crippen LogP contribution in [0.5, 0.6) is 11.6 Å². The number of fused-ring (bicyclic) bond motifs is 1. The van der Waals surface area contributed by atoms with Gasteiger partial charge in [-0.05, 0) is 53.5 Å². The van der Waals surface area contributed by atoms with E-state index in [1.807, 2.05) is 25.1 Å². The molecule has 0 radical (unpaired) electrons. The minimum absolute atomic E-state index is 0.00145. The summed E-state index contributed by atoms with van der Waals surface area (Å²) in [6.45, 7) is 2.43. The van der Waals surface area contributed by atoms with Crippen LogP contribution in [0.3, 0.4) is 0 Å². The Labute approximate surface area is 211 Å². The largest absolute Gasteiger partial charge is 0.439 e. The molecule has 0 aliphatic heterocycles. The highest BCUT2D eigenvalue weighted by Crippen LogP contribution is 2.30. The third-order valence-corrected chi connectivity index (χ3v) is 6.23. The zero-order valence-corrected chi connectivity index (χ0v) is 19.9. The zero-order chi connectivity index (χ0) is 25.2. The first kappa shape index (κ1) is 23.3. The van der Waals surface area contributed by atoms with E-state index in [0.29, 0.717) is 24.5 Å². The van der Waals surface area contributed by atoms with Crippen LogP contribution in [0.25, 0.3) is 6.08 Å². The van der Waals surface area contributed by atoms with E-state index in [4.69, 9.17) is 16.3 Å². The van der Waals surface area contributed by atoms with Crippen molar-refractivity contribution < 1.29 is 9.13 Å². The summed E-state index contributed by atoms with van der Waals surface area (Å²) in [6, 6.07) is 15.1. The molecule has 9 heteroatoms. The normalized spacial score (nSPS) is 12.0. The molecule has 0 unspecified atom stereocenters. The summed E-state index contributed by atoms with van der Waals surface area (Å²) < 4.78 is 20.9. The van der Waals surface area contributed by atoms with Gasteiger partial charge in [-0.2, -0.15) is 5.26 Å². The topological polar surface area (TPSA) is 92.8 Å². The Bertz CT molecular complexity index is 1620. The molecule has 0 saturated carbocycles. The van der Waals surface area contributed by atoms with Crippen molar-refractivity contribution in [3.63, 3.8) is 0 Å². The van der Waals surface area contributed by atoms with E-state index in [2.05, 4.69) is 21.4 Å². The van der Waals surface area contributed by atoms with Crippen molar-refractivity contribution in [2.45, 2.75) is 19.9 Å². The number of pyridine rings is 1. The van der Waals surface area contributed by atoms with Crippen molar-refractivity contribution >= 4 is 29.2 Å². The molecule has 0 spiro atoms. The molecule has 0 saturated heterocycles. The van der Waals surface area contributed by atoms with E-state index < -0.39 is 5.82 Å². The number of nitrogens with zero attached hydrogens (tertiary/aromatic N) is 4. The van der Waals surface area contributed by atoms with Gasteiger partial charge >= 0.3 is 0 Å². The number of halogens is 2. The van der Waals surface area contributed by atoms with Crippen molar-refractivity contribution in [2.75, 3.05) is 5.32 Å². The molecule has 1 aliphatic carbocycles. The van der Waals surface area contributed by atoms with Crippen LogP contribution >= 0.6 is 11.6 Å². The summed E-state index contributed by atoms with van der Waals surface area (Å²) in [6.07, 6.45) is 5.59. The molecule has 2 aromatic carbocycles. The molecule has 4 aromatic rings. The first-order valence-corrected chi connectivity index (χ1v) is 11.4. The van der Waals surface area contributed by atoms with Crippen molar-refractivity contribution in [1.29, 1.82) is 5.26 Å². The lowest BCUT2D eigenvalue weighted by Crippen LogP contribution is -2.20. The second kappa shape index (κ2) is 9.64. The third kappa shape index (κ3) is 4.83. The highest BCUT2D eigenvalue weighted by molar-refractivity contribution is 6.30. The number of anilines is 2. The lowest BCUT2D eigenvalue weighted by molar-refractivity contribution is 0.457. The zero-order valence-electron chi connectivity index (χ0n) is 19.1. The number of allylic oxidation sites excluding steroid dienone is 1. The first-order chi connectivity index (χ1) is 17.4. The van der Waals surface area contributed by atoms with Gasteiger partial charge in [0.05, 0.1) is 17.6 Å². The van der Waals surface area contributed by atoms with Gasteiger partial charge in [-0.1, -0.05) is 23.7 Å². The van der Waals surface area contributed by atoms with Crippen LogP contribution in [-0.2, 0) is 13.0 Å². The maximum absolute atomic E-state index is 13.7. The Morgan fingerprint density at radius 2 is 2.06 bits per heavy atom. The summed E-state index contributed by atoms with van der Waals surface area (Å²) >= 11 is 5.70. The minimum Gasteiger partial charge on any atom is -0.439 e. The number of benzene rings is 2. The van der Waals surface area contributed by atoms with E-state index in [9.17, 15) is 14.4 Å². The van der Waals surface area contributed by atoms with Crippen molar-refractivity contribution in [1.82, 2.24) is 14.5 Å². The quantitative estimate of drug-likeness (QED) is 0.361. The van der Waals surface area contributed by atoms with Crippen LogP contribution < -0.4 is 15.6 Å². The second-order valence-corrected chi connectivity index (χ2v) is 8.71. The van der Waals surface area contributed by atoms with Gasteiger partial charge in [-0.3, -0.25) is 4.79 Å². The Kier molecular flexibility index (Phi) is 6.23. The number of rotatable bonds is 6. The number of hydrogen-bond acceptors (Lipinski definition) is 6. The molecule has 0 amide bonds. The molecule has 0 atom stereocenters. The van der Waals surface area contributed by atoms with E-state index in [1.165, 1.54) is 36.7 Å². The molecule has 0 fully saturated rings. The van der Waals surface area contributed by atoms with Gasteiger partial charge in [0, 0.05) is 42.1 Å². The maximum atomic E-state index is 13.7. The maximum Gasteiger partial charge on any atom is 0.252 e. The molecule has 7 nitrogen and oxygen atoms in total. The number of ether oxygens (including phenoxy) is 1. The van der Waals surface area contributed by atoms with Crippen molar-refractivity contribution in [3.05, 3.63) is 110 Å². The molecular weight excluding hydrogens is 481 g/mol. The Balaban J connectivity index is 1.31. The highest BCUT2D eigenvalue weighted by Gasteiger charge is 2.16. The van der Waals surface area contributed by atoms with Crippen molar-refractivity contribution in [2.24, 2.45) is 0 Å². The van der Waals surface area contributed by atoms with Gasteiger partial charge in [0.15, 0.2) is 0 Å². The van der Waals surface area contributed by atoms with E-state index in [-0.39, 0.29) is 22.2 Å². The standard InChI is InChI=1S/C27H19ClFN5O2/c1-16-19(3-2-18-8-17(13-30)9-22(16)18)14-34-7-6-20(10-27(34)35)33-25-12-26(32-15-31-25)36-21-4-5-23(28)24(29)11-21/h2-7,9-12,15H,8,14H2,1H3,(H,31,32,33). The lowest BCUT2D eigenvalue weighted by atomic mass is 9.99. The first-order valence-electron chi connectivity index (χ1n) is 11.0. The molecule has 2 aromatic heterocycles. The predicted octanol–water partition coefficient (Wildman–Crippen LogP) is 5.79. The van der Waals surface area contributed by atoms with Crippen molar-refractivity contribution in [3.8, 4) is 17.7 Å². The fraction of sp³-hybridized carbons (Fsp3) is 0.111. The minimum atomic E-state index is -0.597. The van der Waals surface area contributed by atoms with Crippen LogP contribution in [0.15, 0.2) is 71.4 Å². The average molecular weight is 500 g/mol. The Hall–Kier alpha value is -4.48. The van der Waals surface area contributed by atoms with Gasteiger partial charge in [0.2, 0.25) is 5.88 Å². The molecule has 178 valence electrons. The molecule has 1 aliphatic rings. The third-order valence-electron chi connectivity index (χ3n) is 5.93. The number of nitriles is 1. The molecule has 0 bridgehead atoms. The summed E-state index contributed by atoms with van der Waals surface area (Å²) in [4.78, 5) is 21.0. The number of hydrogen-bond donors (Lipinski definition) is 1. The van der Waals surface area contributed by atoms with Crippen LogP contribution in [0.1, 0.15) is 22.3 Å². The van der Waals surface area contributed by atoms with Crippen LogP contribution in [0, 0.1) is 24.1 Å². The Morgan fingerprint density at radius 3 is 2.83 bits per heavy atom. The summed E-state index contributed by atoms with van der Waals surface area (Å²) in [5.41, 5.74) is 5.40. The summed E-state index contributed by atoms with van der Waals surface area (Å²) in [5, 5.41) is 12.3. The fourth-order valence-corrected chi connectivity index (χ4v) is 4.15. The van der Waals surface area contributed by atoms with Gasteiger partial charge in [-0.15, -0.1) is 0 Å². The van der Waals surface area contributed by atoms with Gasteiger partial charge in [-0.25, -0.2) is 14.4 Å². The van der Waals surface area contributed by atoms with E-state index in [0.717, 1.165) is 27.8 Å². The smallest absolute Gasteiger partial charge is 0.252 e. The second-order valence-electron chi connectivity index (χ2n) is 8.31. The van der Waals surface area contributed by atoms with Gasteiger partial charge in [0.25, 0.3) is 5.56 Å². The van der Waals surface area contributed by atoms with Gasteiger partial charge in [0.1, 0.15) is 23.7 Å². The van der Waals surface area contributed by atoms with E-state index in [1.54, 1.807) is 16.8 Å². The molecular formula is C27H19ClFN5O2. The molecule has 1 N–H and O–H groups in total. The molecule has 36 heavy (non-hydrogen) atoms. The highest BCUT2D eigenvalue weighted by atomic mass is 35.5.